The minimum Gasteiger partial charge on any atom is -0.139 e. The third kappa shape index (κ3) is 31.3. The van der Waals surface area contributed by atoms with Crippen molar-refractivity contribution in [3.8, 4) is 68.3 Å². The van der Waals surface area contributed by atoms with Crippen molar-refractivity contribution in [1.29, 1.82) is 0 Å². The Labute approximate surface area is 722 Å². The summed E-state index contributed by atoms with van der Waals surface area (Å²) in [5.74, 6) is 0. The zero-order chi connectivity index (χ0) is 79.8. The largest absolute Gasteiger partial charge is 0.139 e. The molecule has 8 aromatic rings. The molecule has 8 aromatic heterocycles. The SMILES string of the molecule is CCCCCCCCc1cc(-c2sc(-c3sc(-c4sc(C(C)(C)C)cc4CCCCCCCC)cc3CCCCCCCC)cc2CCCCCCCC)sc1-c1cc(CCCCCCCC)c(-c2cc(CCCCCCCC)c(-c3cc(CCCCCCCC)c(-c4cc(CCCCCCCC)c(C(C)(C)C)s4)s3)s2)s1. The van der Waals surface area contributed by atoms with E-state index < -0.39 is 0 Å². The minimum atomic E-state index is 0.133. The number of hydrogen-bond donors (Lipinski definition) is 0. The third-order valence-corrected chi connectivity index (χ3v) is 35.4. The van der Waals surface area contributed by atoms with Crippen LogP contribution >= 0.6 is 90.7 Å². The first-order valence-corrected chi connectivity index (χ1v) is 54.2. The lowest BCUT2D eigenvalue weighted by Gasteiger charge is -2.19. The number of aryl methyl sites for hydroxylation is 8. The van der Waals surface area contributed by atoms with E-state index in [1.54, 1.807) is 118 Å². The second-order valence-electron chi connectivity index (χ2n) is 36.4. The van der Waals surface area contributed by atoms with E-state index in [-0.39, 0.29) is 10.8 Å². The van der Waals surface area contributed by atoms with E-state index in [1.165, 1.54) is 364 Å². The Morgan fingerprint density at radius 2 is 0.330 bits per heavy atom. The Kier molecular flexibility index (Phi) is 45.2. The molecule has 0 N–H and O–H groups in total. The van der Waals surface area contributed by atoms with Crippen molar-refractivity contribution in [3.05, 3.63) is 103 Å². The second-order valence-corrected chi connectivity index (χ2v) is 44.8. The predicted octanol–water partition coefficient (Wildman–Crippen LogP) is 39.7. The molecule has 0 saturated carbocycles. The molecule has 112 heavy (non-hydrogen) atoms. The summed E-state index contributed by atoms with van der Waals surface area (Å²) in [5, 5.41) is 0. The maximum Gasteiger partial charge on any atom is 0.0481 e. The Hall–Kier alpha value is -2.40. The lowest BCUT2D eigenvalue weighted by atomic mass is 9.90. The highest BCUT2D eigenvalue weighted by molar-refractivity contribution is 7.32. The van der Waals surface area contributed by atoms with Crippen LogP contribution in [0.3, 0.4) is 0 Å². The molecule has 0 bridgehead atoms. The normalized spacial score (nSPS) is 12.2. The van der Waals surface area contributed by atoms with Crippen LogP contribution in [0.2, 0.25) is 0 Å². The standard InChI is InChI=1S/C104H162S8/c1-15-23-31-39-47-55-63-79-72-88(97-81(65-57-49-41-33-25-17-3)74-90(108-97)99-83(67-59-51-43-35-27-19-5)76-92(110-99)101-85(69-61-53-45-37-29-21-7)78-94(112-101)103(9,10)11)106-95(79)87-71-80(64-56-48-40-32-24-16-2)96(105-87)89-73-82(66-58-50-42-34-26-18-4)98(107-89)91-75-84(68-60-52-44-36-28-20-6)100(109-91)93-77-86(102(111-93)104(12,13)14)70-62-54-46-38-30-22-8/h71-78H,15-70H2,1-14H3. The molecule has 0 spiro atoms. The third-order valence-electron chi connectivity index (χ3n) is 23.9. The molecular weight excluding hydrogens is 1510 g/mol. The number of rotatable bonds is 63. The zero-order valence-electron chi connectivity index (χ0n) is 74.5. The maximum absolute atomic E-state index is 2.78. The van der Waals surface area contributed by atoms with Crippen molar-refractivity contribution in [2.24, 2.45) is 0 Å². The summed E-state index contributed by atoms with van der Waals surface area (Å²) in [6.45, 7) is 33.7. The van der Waals surface area contributed by atoms with Gasteiger partial charge in [0.05, 0.1) is 0 Å². The summed E-state index contributed by atoms with van der Waals surface area (Å²) < 4.78 is 0. The molecule has 0 atom stereocenters. The lowest BCUT2D eigenvalue weighted by Crippen LogP contribution is -2.11. The Balaban J connectivity index is 1.27. The second kappa shape index (κ2) is 53.3. The molecule has 626 valence electrons. The number of hydrogen-bond acceptors (Lipinski definition) is 8. The van der Waals surface area contributed by atoms with Gasteiger partial charge >= 0.3 is 0 Å². The van der Waals surface area contributed by atoms with Gasteiger partial charge in [-0.1, -0.05) is 354 Å². The van der Waals surface area contributed by atoms with Gasteiger partial charge in [-0.05, 0) is 207 Å². The van der Waals surface area contributed by atoms with E-state index in [9.17, 15) is 0 Å². The van der Waals surface area contributed by atoms with Crippen molar-refractivity contribution < 1.29 is 0 Å². The Bertz CT molecular complexity index is 3790. The predicted molar refractivity (Wildman–Crippen MR) is 522 cm³/mol. The van der Waals surface area contributed by atoms with Crippen molar-refractivity contribution >= 4 is 90.7 Å². The smallest absolute Gasteiger partial charge is 0.0481 e. The average molecular weight is 1670 g/mol. The topological polar surface area (TPSA) is 0 Å². The van der Waals surface area contributed by atoms with Gasteiger partial charge < -0.3 is 0 Å². The first-order valence-electron chi connectivity index (χ1n) is 47.6. The van der Waals surface area contributed by atoms with Crippen LogP contribution in [0.5, 0.6) is 0 Å². The first-order chi connectivity index (χ1) is 54.6. The summed E-state index contributed by atoms with van der Waals surface area (Å²) in [6, 6.07) is 21.9. The van der Waals surface area contributed by atoms with Crippen LogP contribution in [-0.2, 0) is 62.2 Å². The molecule has 0 aromatic carbocycles. The average Bonchev–Trinajstić information content (AvgIpc) is 1.61. The molecule has 0 unspecified atom stereocenters. The van der Waals surface area contributed by atoms with Gasteiger partial charge in [0.2, 0.25) is 0 Å². The van der Waals surface area contributed by atoms with Gasteiger partial charge in [-0.2, -0.15) is 0 Å². The molecule has 0 radical (unpaired) electrons. The quantitative estimate of drug-likeness (QED) is 0.0333. The van der Waals surface area contributed by atoms with Gasteiger partial charge in [-0.15, -0.1) is 90.7 Å². The van der Waals surface area contributed by atoms with Crippen LogP contribution < -0.4 is 0 Å². The molecule has 8 rings (SSSR count). The summed E-state index contributed by atoms with van der Waals surface area (Å²) in [6.07, 6.45) is 73.8. The lowest BCUT2D eigenvalue weighted by molar-refractivity contribution is 0.583. The van der Waals surface area contributed by atoms with Crippen molar-refractivity contribution in [2.75, 3.05) is 0 Å². The van der Waals surface area contributed by atoms with Crippen LogP contribution in [0, 0.1) is 0 Å². The molecule has 0 saturated heterocycles. The van der Waals surface area contributed by atoms with Gasteiger partial charge in [-0.25, -0.2) is 0 Å². The van der Waals surface area contributed by atoms with E-state index in [4.69, 9.17) is 0 Å². The van der Waals surface area contributed by atoms with Crippen LogP contribution in [0.1, 0.15) is 459 Å². The van der Waals surface area contributed by atoms with E-state index in [1.807, 2.05) is 0 Å². The summed E-state index contributed by atoms with van der Waals surface area (Å²) in [5.41, 5.74) is 13.3. The first kappa shape index (κ1) is 95.1. The van der Waals surface area contributed by atoms with Gasteiger partial charge in [0.25, 0.3) is 0 Å². The number of unbranched alkanes of at least 4 members (excludes halogenated alkanes) is 40. The monoisotopic (exact) mass is 1670 g/mol. The fraction of sp³-hybridized carbons (Fsp3) is 0.692. The van der Waals surface area contributed by atoms with Crippen molar-refractivity contribution in [1.82, 2.24) is 0 Å². The summed E-state index contributed by atoms with van der Waals surface area (Å²) in [4.78, 5) is 25.1. The van der Waals surface area contributed by atoms with Crippen LogP contribution in [0.25, 0.3) is 68.3 Å². The van der Waals surface area contributed by atoms with Gasteiger partial charge in [0, 0.05) is 78.0 Å². The minimum absolute atomic E-state index is 0.133. The molecule has 8 heterocycles. The van der Waals surface area contributed by atoms with E-state index in [2.05, 4.69) is 236 Å². The molecule has 8 heteroatoms. The molecular formula is C104H162S8. The van der Waals surface area contributed by atoms with Gasteiger partial charge in [-0.3, -0.25) is 0 Å². The van der Waals surface area contributed by atoms with Gasteiger partial charge in [0.15, 0.2) is 0 Å². The highest BCUT2D eigenvalue weighted by Crippen LogP contribution is 2.55. The summed E-state index contributed by atoms with van der Waals surface area (Å²) in [7, 11) is 0. The van der Waals surface area contributed by atoms with Crippen LogP contribution in [-0.4, -0.2) is 0 Å². The fourth-order valence-electron chi connectivity index (χ4n) is 16.9. The van der Waals surface area contributed by atoms with E-state index in [0.717, 1.165) is 0 Å². The molecule has 0 fully saturated rings. The highest BCUT2D eigenvalue weighted by atomic mass is 32.1. The van der Waals surface area contributed by atoms with Crippen molar-refractivity contribution in [2.45, 2.75) is 467 Å². The highest BCUT2D eigenvalue weighted by Gasteiger charge is 2.29. The van der Waals surface area contributed by atoms with Crippen LogP contribution in [0.15, 0.2) is 48.5 Å². The Morgan fingerprint density at radius 3 is 0.527 bits per heavy atom. The molecule has 0 amide bonds. The van der Waals surface area contributed by atoms with Gasteiger partial charge in [0.1, 0.15) is 0 Å². The Morgan fingerprint density at radius 1 is 0.170 bits per heavy atom. The maximum atomic E-state index is 2.78. The number of thiophene rings is 8. The van der Waals surface area contributed by atoms with Crippen molar-refractivity contribution in [3.63, 3.8) is 0 Å². The van der Waals surface area contributed by atoms with E-state index in [0.29, 0.717) is 0 Å². The summed E-state index contributed by atoms with van der Waals surface area (Å²) >= 11 is 17.4. The molecule has 0 aliphatic rings. The van der Waals surface area contributed by atoms with E-state index >= 15 is 0 Å². The fourth-order valence-corrected chi connectivity index (χ4v) is 27.7. The molecule has 0 aliphatic carbocycles. The molecule has 0 aliphatic heterocycles. The zero-order valence-corrected chi connectivity index (χ0v) is 81.0. The molecule has 0 nitrogen and oxygen atoms in total. The van der Waals surface area contributed by atoms with Crippen LogP contribution in [0.4, 0.5) is 0 Å².